The molecule has 0 aliphatic carbocycles. The van der Waals surface area contributed by atoms with Gasteiger partial charge in [0.2, 0.25) is 0 Å². The number of fused-ring (bicyclic) bond motifs is 1. The van der Waals surface area contributed by atoms with Gasteiger partial charge in [0.25, 0.3) is 0 Å². The Labute approximate surface area is 185 Å². The monoisotopic (exact) mass is 418 g/mol. The number of nitrogens with one attached hydrogen (secondary N) is 1. The molecular weight excluding hydrogens is 384 g/mol. The molecule has 2 N–H and O–H groups in total. The second kappa shape index (κ2) is 8.88. The van der Waals surface area contributed by atoms with Crippen LogP contribution in [-0.2, 0) is 6.42 Å². The van der Waals surface area contributed by atoms with E-state index in [4.69, 9.17) is 0 Å². The van der Waals surface area contributed by atoms with Gasteiger partial charge >= 0.3 is 5.97 Å². The number of rotatable bonds is 6. The van der Waals surface area contributed by atoms with Crippen molar-refractivity contribution in [1.29, 1.82) is 0 Å². The van der Waals surface area contributed by atoms with Gasteiger partial charge in [0.15, 0.2) is 0 Å². The van der Waals surface area contributed by atoms with Crippen LogP contribution in [0, 0.1) is 25.7 Å². The number of benzene rings is 2. The van der Waals surface area contributed by atoms with Crippen LogP contribution >= 0.6 is 0 Å². The number of carboxylic acids is 1. The largest absolute Gasteiger partial charge is 0.478 e. The standard InChI is InChI=1S/C27H34N2O2/c1-17(2)15-29-12-10-22(25(16-29)20-5-7-21(8-6-20)27(30)31)14-24-18(3)13-19(4)26-23(24)9-11-28-26/h5-9,11,13,17,22,25,28H,10,12,14-16H2,1-4H3,(H,30,31). The molecule has 0 bridgehead atoms. The lowest BCUT2D eigenvalue weighted by Crippen LogP contribution is -2.41. The SMILES string of the molecule is Cc1cc(C)c2[nH]ccc2c1CC1CCN(CC(C)C)CC1c1ccc(C(=O)O)cc1. The van der Waals surface area contributed by atoms with Crippen LogP contribution in [0.3, 0.4) is 0 Å². The number of aromatic amines is 1. The van der Waals surface area contributed by atoms with Crippen LogP contribution in [0.4, 0.5) is 0 Å². The van der Waals surface area contributed by atoms with E-state index in [1.165, 1.54) is 33.2 Å². The van der Waals surface area contributed by atoms with Crippen LogP contribution in [-0.4, -0.2) is 40.6 Å². The average Bonchev–Trinajstić information content (AvgIpc) is 3.22. The molecule has 3 aromatic rings. The van der Waals surface area contributed by atoms with Gasteiger partial charge < -0.3 is 15.0 Å². The molecule has 4 rings (SSSR count). The summed E-state index contributed by atoms with van der Waals surface area (Å²) in [4.78, 5) is 17.3. The summed E-state index contributed by atoms with van der Waals surface area (Å²) < 4.78 is 0. The third kappa shape index (κ3) is 4.54. The smallest absolute Gasteiger partial charge is 0.335 e. The van der Waals surface area contributed by atoms with E-state index in [9.17, 15) is 9.90 Å². The lowest BCUT2D eigenvalue weighted by molar-refractivity contribution is 0.0697. The number of hydrogen-bond acceptors (Lipinski definition) is 2. The minimum absolute atomic E-state index is 0.360. The summed E-state index contributed by atoms with van der Waals surface area (Å²) in [6.45, 7) is 12.3. The number of piperidine rings is 1. The topological polar surface area (TPSA) is 56.3 Å². The van der Waals surface area contributed by atoms with Crippen molar-refractivity contribution in [2.45, 2.75) is 46.5 Å². The number of aryl methyl sites for hydroxylation is 2. The molecule has 164 valence electrons. The van der Waals surface area contributed by atoms with Crippen molar-refractivity contribution in [3.05, 3.63) is 70.4 Å². The Morgan fingerprint density at radius 1 is 1.16 bits per heavy atom. The summed E-state index contributed by atoms with van der Waals surface area (Å²) in [7, 11) is 0. The molecule has 31 heavy (non-hydrogen) atoms. The highest BCUT2D eigenvalue weighted by Crippen LogP contribution is 2.37. The molecule has 1 saturated heterocycles. The maximum absolute atomic E-state index is 11.3. The van der Waals surface area contributed by atoms with Crippen molar-refractivity contribution in [2.75, 3.05) is 19.6 Å². The fourth-order valence-electron chi connectivity index (χ4n) is 5.42. The molecular formula is C27H34N2O2. The summed E-state index contributed by atoms with van der Waals surface area (Å²) in [5, 5.41) is 10.6. The Morgan fingerprint density at radius 2 is 1.90 bits per heavy atom. The zero-order valence-corrected chi connectivity index (χ0v) is 19.1. The molecule has 4 heteroatoms. The number of nitrogens with zero attached hydrogens (tertiary/aromatic N) is 1. The van der Waals surface area contributed by atoms with Crippen molar-refractivity contribution in [1.82, 2.24) is 9.88 Å². The van der Waals surface area contributed by atoms with E-state index in [1.54, 1.807) is 12.1 Å². The molecule has 1 aliphatic heterocycles. The predicted octanol–water partition coefficient (Wildman–Crippen LogP) is 5.79. The highest BCUT2D eigenvalue weighted by Gasteiger charge is 2.31. The van der Waals surface area contributed by atoms with Crippen molar-refractivity contribution in [3.8, 4) is 0 Å². The molecule has 0 radical (unpaired) electrons. The molecule has 1 aliphatic rings. The predicted molar refractivity (Wildman–Crippen MR) is 127 cm³/mol. The maximum atomic E-state index is 11.3. The van der Waals surface area contributed by atoms with Gasteiger partial charge in [-0.25, -0.2) is 4.79 Å². The Hall–Kier alpha value is -2.59. The summed E-state index contributed by atoms with van der Waals surface area (Å²) in [5.74, 6) is 0.729. The first-order valence-corrected chi connectivity index (χ1v) is 11.4. The molecule has 2 unspecified atom stereocenters. The number of likely N-dealkylation sites (tertiary alicyclic amines) is 1. The third-order valence-electron chi connectivity index (χ3n) is 6.89. The van der Waals surface area contributed by atoms with Gasteiger partial charge in [0.05, 0.1) is 5.56 Å². The van der Waals surface area contributed by atoms with E-state index in [0.717, 1.165) is 32.5 Å². The summed E-state index contributed by atoms with van der Waals surface area (Å²) >= 11 is 0. The number of hydrogen-bond donors (Lipinski definition) is 2. The molecule has 0 spiro atoms. The molecule has 2 atom stereocenters. The lowest BCUT2D eigenvalue weighted by atomic mass is 9.76. The van der Waals surface area contributed by atoms with E-state index < -0.39 is 5.97 Å². The van der Waals surface area contributed by atoms with E-state index in [-0.39, 0.29) is 0 Å². The van der Waals surface area contributed by atoms with Gasteiger partial charge in [-0.15, -0.1) is 0 Å². The minimum atomic E-state index is -0.863. The molecule has 0 amide bonds. The molecule has 2 aromatic carbocycles. The van der Waals surface area contributed by atoms with Gasteiger partial charge in [-0.3, -0.25) is 0 Å². The summed E-state index contributed by atoms with van der Waals surface area (Å²) in [5.41, 5.74) is 7.00. The van der Waals surface area contributed by atoms with Gasteiger partial charge in [-0.2, -0.15) is 0 Å². The number of carboxylic acid groups (broad SMARTS) is 1. The van der Waals surface area contributed by atoms with Crippen LogP contribution in [0.5, 0.6) is 0 Å². The van der Waals surface area contributed by atoms with E-state index >= 15 is 0 Å². The lowest BCUT2D eigenvalue weighted by Gasteiger charge is -2.40. The number of carbonyl (C=O) groups is 1. The van der Waals surface area contributed by atoms with Crippen LogP contribution in [0.1, 0.15) is 58.8 Å². The van der Waals surface area contributed by atoms with Crippen molar-refractivity contribution < 1.29 is 9.90 Å². The highest BCUT2D eigenvalue weighted by atomic mass is 16.4. The minimum Gasteiger partial charge on any atom is -0.478 e. The fourth-order valence-corrected chi connectivity index (χ4v) is 5.42. The van der Waals surface area contributed by atoms with Gasteiger partial charge in [0.1, 0.15) is 0 Å². The molecule has 1 fully saturated rings. The van der Waals surface area contributed by atoms with E-state index in [2.05, 4.69) is 49.7 Å². The number of aromatic nitrogens is 1. The summed E-state index contributed by atoms with van der Waals surface area (Å²) in [6.07, 6.45) is 4.27. The van der Waals surface area contributed by atoms with Crippen LogP contribution < -0.4 is 0 Å². The summed E-state index contributed by atoms with van der Waals surface area (Å²) in [6, 6.07) is 12.1. The molecule has 2 heterocycles. The van der Waals surface area contributed by atoms with Crippen molar-refractivity contribution >= 4 is 16.9 Å². The zero-order valence-electron chi connectivity index (χ0n) is 19.1. The van der Waals surface area contributed by atoms with Crippen LogP contribution in [0.15, 0.2) is 42.6 Å². The van der Waals surface area contributed by atoms with Gasteiger partial charge in [0, 0.05) is 30.2 Å². The van der Waals surface area contributed by atoms with Crippen molar-refractivity contribution in [3.63, 3.8) is 0 Å². The van der Waals surface area contributed by atoms with Crippen LogP contribution in [0.2, 0.25) is 0 Å². The number of aromatic carboxylic acids is 1. The van der Waals surface area contributed by atoms with Gasteiger partial charge in [-0.05, 0) is 91.4 Å². The highest BCUT2D eigenvalue weighted by molar-refractivity contribution is 5.88. The first-order valence-electron chi connectivity index (χ1n) is 11.4. The van der Waals surface area contributed by atoms with E-state index in [0.29, 0.717) is 23.3 Å². The third-order valence-corrected chi connectivity index (χ3v) is 6.89. The Kier molecular flexibility index (Phi) is 6.19. The van der Waals surface area contributed by atoms with Gasteiger partial charge in [-0.1, -0.05) is 32.0 Å². The average molecular weight is 419 g/mol. The maximum Gasteiger partial charge on any atom is 0.335 e. The first kappa shape index (κ1) is 21.6. The normalized spacial score (nSPS) is 19.9. The molecule has 4 nitrogen and oxygen atoms in total. The second-order valence-corrected chi connectivity index (χ2v) is 9.70. The van der Waals surface area contributed by atoms with Crippen LogP contribution in [0.25, 0.3) is 10.9 Å². The second-order valence-electron chi connectivity index (χ2n) is 9.70. The van der Waals surface area contributed by atoms with E-state index in [1.807, 2.05) is 18.3 Å². The molecule has 0 saturated carbocycles. The Balaban J connectivity index is 1.66. The Morgan fingerprint density at radius 3 is 2.58 bits per heavy atom. The first-order chi connectivity index (χ1) is 14.8. The Bertz CT molecular complexity index is 1060. The number of H-pyrrole nitrogens is 1. The fraction of sp³-hybridized carbons (Fsp3) is 0.444. The van der Waals surface area contributed by atoms with Crippen molar-refractivity contribution in [2.24, 2.45) is 11.8 Å². The quantitative estimate of drug-likeness (QED) is 0.533. The zero-order chi connectivity index (χ0) is 22.1. The molecule has 1 aromatic heterocycles.